The zero-order valence-corrected chi connectivity index (χ0v) is 15.0. The van der Waals surface area contributed by atoms with Gasteiger partial charge in [0.25, 0.3) is 0 Å². The maximum atomic E-state index is 12.3. The average Bonchev–Trinajstić information content (AvgIpc) is 2.95. The molecule has 0 saturated heterocycles. The molecule has 0 aromatic heterocycles. The Kier molecular flexibility index (Phi) is 6.36. The van der Waals surface area contributed by atoms with E-state index in [2.05, 4.69) is 26.6 Å². The second-order valence-electron chi connectivity index (χ2n) is 6.06. The largest absolute Gasteiger partial charge is 0.481 e. The molecule has 24 heavy (non-hydrogen) atoms. The number of halogens is 1. The molecule has 1 aliphatic rings. The Morgan fingerprint density at radius 2 is 1.92 bits per heavy atom. The molecule has 1 aliphatic carbocycles. The molecule has 2 rings (SSSR count). The van der Waals surface area contributed by atoms with Crippen LogP contribution < -0.4 is 10.6 Å². The Labute approximate surface area is 149 Å². The molecule has 1 aromatic carbocycles. The maximum absolute atomic E-state index is 12.3. The number of carboxylic acid groups (broad SMARTS) is 1. The summed E-state index contributed by atoms with van der Waals surface area (Å²) >= 11 is 3.35. The molecular weight excluding hydrogens is 376 g/mol. The van der Waals surface area contributed by atoms with Crippen molar-refractivity contribution in [3.8, 4) is 0 Å². The third-order valence-corrected chi connectivity index (χ3v) is 4.75. The number of hydrogen-bond donors (Lipinski definition) is 3. The van der Waals surface area contributed by atoms with Gasteiger partial charge in [0.05, 0.1) is 18.4 Å². The summed E-state index contributed by atoms with van der Waals surface area (Å²) in [5.41, 5.74) is 0.824. The minimum absolute atomic E-state index is 0.0735. The van der Waals surface area contributed by atoms with Crippen LogP contribution in [0.1, 0.15) is 44.2 Å². The molecular formula is C17H21BrN2O4. The zero-order chi connectivity index (χ0) is 17.7. The fourth-order valence-corrected chi connectivity index (χ4v) is 3.34. The molecule has 1 saturated carbocycles. The molecule has 0 aliphatic heterocycles. The van der Waals surface area contributed by atoms with Crippen LogP contribution in [0.3, 0.4) is 0 Å². The van der Waals surface area contributed by atoms with Crippen LogP contribution in [0, 0.1) is 5.92 Å². The molecule has 0 heterocycles. The summed E-state index contributed by atoms with van der Waals surface area (Å²) in [6, 6.07) is 6.60. The molecule has 1 fully saturated rings. The molecule has 3 atom stereocenters. The second kappa shape index (κ2) is 8.28. The molecule has 1 aromatic rings. The van der Waals surface area contributed by atoms with Crippen molar-refractivity contribution in [1.29, 1.82) is 0 Å². The van der Waals surface area contributed by atoms with E-state index >= 15 is 0 Å². The minimum atomic E-state index is -0.871. The molecule has 0 bridgehead atoms. The number of hydrogen-bond acceptors (Lipinski definition) is 3. The van der Waals surface area contributed by atoms with Crippen molar-refractivity contribution < 1.29 is 19.5 Å². The van der Waals surface area contributed by atoms with Crippen LogP contribution in [-0.2, 0) is 14.4 Å². The van der Waals surface area contributed by atoms with Crippen LogP contribution in [0.15, 0.2) is 28.7 Å². The van der Waals surface area contributed by atoms with E-state index in [-0.39, 0.29) is 24.3 Å². The van der Waals surface area contributed by atoms with Gasteiger partial charge >= 0.3 is 5.97 Å². The quantitative estimate of drug-likeness (QED) is 0.687. The van der Waals surface area contributed by atoms with Crippen molar-refractivity contribution in [3.63, 3.8) is 0 Å². The SMILES string of the molecule is CC(=O)NC(CC(=O)N[C@@H]1CCC[C@@H]1C(=O)O)c1ccc(Br)cc1. The van der Waals surface area contributed by atoms with Crippen molar-refractivity contribution in [2.45, 2.75) is 44.7 Å². The standard InChI is InChI=1S/C17H21BrN2O4/c1-10(21)19-15(11-5-7-12(18)8-6-11)9-16(22)20-14-4-2-3-13(14)17(23)24/h5-8,13-15H,2-4,9H2,1H3,(H,19,21)(H,20,22)(H,23,24)/t13-,14+,15?/m0/s1. The van der Waals surface area contributed by atoms with Crippen LogP contribution in [-0.4, -0.2) is 28.9 Å². The van der Waals surface area contributed by atoms with Crippen LogP contribution in [0.5, 0.6) is 0 Å². The number of rotatable bonds is 6. The topological polar surface area (TPSA) is 95.5 Å². The lowest BCUT2D eigenvalue weighted by Crippen LogP contribution is -2.41. The number of amides is 2. The van der Waals surface area contributed by atoms with Gasteiger partial charge in [0, 0.05) is 17.4 Å². The van der Waals surface area contributed by atoms with Crippen molar-refractivity contribution in [2.75, 3.05) is 0 Å². The van der Waals surface area contributed by atoms with Crippen molar-refractivity contribution in [1.82, 2.24) is 10.6 Å². The third-order valence-electron chi connectivity index (χ3n) is 4.22. The average molecular weight is 397 g/mol. The third kappa shape index (κ3) is 5.06. The molecule has 3 N–H and O–H groups in total. The monoisotopic (exact) mass is 396 g/mol. The summed E-state index contributed by atoms with van der Waals surface area (Å²) in [6.45, 7) is 1.40. The lowest BCUT2D eigenvalue weighted by molar-refractivity contribution is -0.142. The van der Waals surface area contributed by atoms with Crippen molar-refractivity contribution in [2.24, 2.45) is 5.92 Å². The van der Waals surface area contributed by atoms with Gasteiger partial charge < -0.3 is 15.7 Å². The first-order chi connectivity index (χ1) is 11.4. The van der Waals surface area contributed by atoms with Gasteiger partial charge in [-0.15, -0.1) is 0 Å². The van der Waals surface area contributed by atoms with Gasteiger partial charge in [-0.1, -0.05) is 34.5 Å². The lowest BCUT2D eigenvalue weighted by Gasteiger charge is -2.21. The molecule has 7 heteroatoms. The minimum Gasteiger partial charge on any atom is -0.481 e. The predicted molar refractivity (Wildman–Crippen MR) is 92.2 cm³/mol. The normalized spacial score (nSPS) is 21.1. The van der Waals surface area contributed by atoms with E-state index in [1.807, 2.05) is 24.3 Å². The maximum Gasteiger partial charge on any atom is 0.308 e. The highest BCUT2D eigenvalue weighted by Crippen LogP contribution is 2.26. The summed E-state index contributed by atoms with van der Waals surface area (Å²) < 4.78 is 0.910. The number of aliphatic carboxylic acids is 1. The van der Waals surface area contributed by atoms with Gasteiger partial charge in [0.2, 0.25) is 11.8 Å². The summed E-state index contributed by atoms with van der Waals surface area (Å²) in [7, 11) is 0. The van der Waals surface area contributed by atoms with Gasteiger partial charge in [-0.3, -0.25) is 14.4 Å². The molecule has 1 unspecified atom stereocenters. The van der Waals surface area contributed by atoms with Crippen LogP contribution in [0.2, 0.25) is 0 Å². The second-order valence-corrected chi connectivity index (χ2v) is 6.97. The van der Waals surface area contributed by atoms with E-state index in [1.54, 1.807) is 0 Å². The summed E-state index contributed by atoms with van der Waals surface area (Å²) in [5.74, 6) is -1.88. The first-order valence-electron chi connectivity index (χ1n) is 7.91. The predicted octanol–water partition coefficient (Wildman–Crippen LogP) is 2.39. The van der Waals surface area contributed by atoms with Crippen LogP contribution in [0.4, 0.5) is 0 Å². The fourth-order valence-electron chi connectivity index (χ4n) is 3.07. The van der Waals surface area contributed by atoms with Crippen LogP contribution in [0.25, 0.3) is 0 Å². The first-order valence-corrected chi connectivity index (χ1v) is 8.71. The Bertz CT molecular complexity index is 618. The smallest absolute Gasteiger partial charge is 0.308 e. The van der Waals surface area contributed by atoms with E-state index in [1.165, 1.54) is 6.92 Å². The highest BCUT2D eigenvalue weighted by Gasteiger charge is 2.34. The van der Waals surface area contributed by atoms with E-state index in [4.69, 9.17) is 0 Å². The Morgan fingerprint density at radius 1 is 1.25 bits per heavy atom. The fraction of sp³-hybridized carbons (Fsp3) is 0.471. The summed E-state index contributed by atoms with van der Waals surface area (Å²) in [6.07, 6.45) is 2.13. The van der Waals surface area contributed by atoms with E-state index in [0.717, 1.165) is 16.5 Å². The zero-order valence-electron chi connectivity index (χ0n) is 13.4. The first kappa shape index (κ1) is 18.4. The number of benzene rings is 1. The number of carbonyl (C=O) groups is 3. The molecule has 2 amide bonds. The lowest BCUT2D eigenvalue weighted by atomic mass is 10.0. The summed E-state index contributed by atoms with van der Waals surface area (Å²) in [5, 5.41) is 14.8. The Balaban J connectivity index is 2.03. The molecule has 6 nitrogen and oxygen atoms in total. The van der Waals surface area contributed by atoms with Gasteiger partial charge in [-0.25, -0.2) is 0 Å². The molecule has 0 radical (unpaired) electrons. The van der Waals surface area contributed by atoms with Gasteiger partial charge in [0.1, 0.15) is 0 Å². The highest BCUT2D eigenvalue weighted by atomic mass is 79.9. The van der Waals surface area contributed by atoms with Gasteiger partial charge in [-0.05, 0) is 30.5 Å². The number of carboxylic acids is 1. The highest BCUT2D eigenvalue weighted by molar-refractivity contribution is 9.10. The number of carbonyl (C=O) groups excluding carboxylic acids is 2. The van der Waals surface area contributed by atoms with E-state index in [9.17, 15) is 19.5 Å². The van der Waals surface area contributed by atoms with E-state index < -0.39 is 17.9 Å². The Morgan fingerprint density at radius 3 is 2.50 bits per heavy atom. The molecule has 0 spiro atoms. The van der Waals surface area contributed by atoms with E-state index in [0.29, 0.717) is 12.8 Å². The van der Waals surface area contributed by atoms with Crippen LogP contribution >= 0.6 is 15.9 Å². The van der Waals surface area contributed by atoms with Gasteiger partial charge in [0.15, 0.2) is 0 Å². The molecule has 130 valence electrons. The number of nitrogens with one attached hydrogen (secondary N) is 2. The van der Waals surface area contributed by atoms with Crippen molar-refractivity contribution in [3.05, 3.63) is 34.3 Å². The van der Waals surface area contributed by atoms with Gasteiger partial charge in [-0.2, -0.15) is 0 Å². The Hall–Kier alpha value is -1.89. The summed E-state index contributed by atoms with van der Waals surface area (Å²) in [4.78, 5) is 35.0. The van der Waals surface area contributed by atoms with Crippen molar-refractivity contribution >= 4 is 33.7 Å².